The van der Waals surface area contributed by atoms with E-state index in [0.29, 0.717) is 5.82 Å². The largest absolute Gasteiger partial charge is 0.384 e. The van der Waals surface area contributed by atoms with Crippen LogP contribution in [0.25, 0.3) is 0 Å². The summed E-state index contributed by atoms with van der Waals surface area (Å²) in [5.74, 6) is 0.654. The summed E-state index contributed by atoms with van der Waals surface area (Å²) in [6.45, 7) is 0.792. The number of rotatable bonds is 2. The first-order valence-electron chi connectivity index (χ1n) is 5.88. The van der Waals surface area contributed by atoms with Crippen LogP contribution >= 0.6 is 0 Å². The van der Waals surface area contributed by atoms with Crippen LogP contribution in [0.4, 0.5) is 0 Å². The molecule has 8 heteroatoms. The Kier molecular flexibility index (Phi) is 2.71. The fourth-order valence-electron chi connectivity index (χ4n) is 2.29. The van der Waals surface area contributed by atoms with Crippen molar-refractivity contribution in [3.8, 4) is 0 Å². The normalized spacial score (nSPS) is 24.3. The molecule has 2 aromatic heterocycles. The van der Waals surface area contributed by atoms with Gasteiger partial charge in [0, 0.05) is 6.07 Å². The highest BCUT2D eigenvalue weighted by Crippen LogP contribution is 2.27. The number of hydrogen-bond donors (Lipinski definition) is 1. The van der Waals surface area contributed by atoms with Crippen LogP contribution in [0.5, 0.6) is 0 Å². The van der Waals surface area contributed by atoms with E-state index in [4.69, 9.17) is 4.52 Å². The van der Waals surface area contributed by atoms with Crippen LogP contribution in [-0.4, -0.2) is 31.5 Å². The van der Waals surface area contributed by atoms with Gasteiger partial charge in [-0.3, -0.25) is 4.79 Å². The zero-order valence-electron chi connectivity index (χ0n) is 9.98. The second-order valence-corrected chi connectivity index (χ2v) is 4.39. The van der Waals surface area contributed by atoms with Crippen molar-refractivity contribution in [1.82, 2.24) is 30.3 Å². The molecule has 0 unspecified atom stereocenters. The van der Waals surface area contributed by atoms with Crippen LogP contribution in [0.15, 0.2) is 21.6 Å². The summed E-state index contributed by atoms with van der Waals surface area (Å²) in [7, 11) is 1.73. The number of nitrogens with zero attached hydrogens (tertiary/aromatic N) is 5. The molecule has 0 aliphatic carbocycles. The van der Waals surface area contributed by atoms with Gasteiger partial charge in [-0.05, 0) is 24.6 Å². The van der Waals surface area contributed by atoms with E-state index in [0.717, 1.165) is 19.4 Å². The van der Waals surface area contributed by atoms with Crippen molar-refractivity contribution in [3.63, 3.8) is 0 Å². The molecule has 0 saturated carbocycles. The average Bonchev–Trinajstić information content (AvgIpc) is 2.98. The molecule has 0 aromatic carbocycles. The third kappa shape index (κ3) is 1.94. The minimum absolute atomic E-state index is 0.00875. The highest BCUT2D eigenvalue weighted by atomic mass is 16.5. The number of tetrazole rings is 1. The van der Waals surface area contributed by atoms with Gasteiger partial charge in [-0.25, -0.2) is 0 Å². The van der Waals surface area contributed by atoms with E-state index in [-0.39, 0.29) is 17.6 Å². The highest BCUT2D eigenvalue weighted by Gasteiger charge is 2.28. The van der Waals surface area contributed by atoms with E-state index in [1.807, 2.05) is 0 Å². The molecule has 18 heavy (non-hydrogen) atoms. The molecule has 3 rings (SSSR count). The fraction of sp³-hybridized carbons (Fsp3) is 0.600. The molecule has 1 fully saturated rings. The molecule has 1 aliphatic rings. The monoisotopic (exact) mass is 250 g/mol. The van der Waals surface area contributed by atoms with Gasteiger partial charge in [0.15, 0.2) is 5.82 Å². The van der Waals surface area contributed by atoms with Crippen LogP contribution in [0, 0.1) is 0 Å². The predicted molar refractivity (Wildman–Crippen MR) is 60.8 cm³/mol. The molecule has 2 aromatic rings. The Hall–Kier alpha value is -1.96. The van der Waals surface area contributed by atoms with Crippen molar-refractivity contribution in [2.24, 2.45) is 7.05 Å². The zero-order valence-corrected chi connectivity index (χ0v) is 9.98. The first-order chi connectivity index (χ1) is 8.74. The summed E-state index contributed by atoms with van der Waals surface area (Å²) in [5.41, 5.74) is -0.104. The summed E-state index contributed by atoms with van der Waals surface area (Å²) in [5, 5.41) is 15.3. The summed E-state index contributed by atoms with van der Waals surface area (Å²) in [4.78, 5) is 13.0. The van der Waals surface area contributed by atoms with Crippen molar-refractivity contribution >= 4 is 0 Å². The zero-order chi connectivity index (χ0) is 12.5. The molecule has 0 spiro atoms. The Morgan fingerprint density at radius 1 is 1.56 bits per heavy atom. The fourth-order valence-corrected chi connectivity index (χ4v) is 2.29. The summed E-state index contributed by atoms with van der Waals surface area (Å²) >= 11 is 0. The second kappa shape index (κ2) is 4.37. The summed E-state index contributed by atoms with van der Waals surface area (Å²) in [6.07, 6.45) is 2.99. The Bertz CT molecular complexity index is 585. The van der Waals surface area contributed by atoms with E-state index in [9.17, 15) is 4.79 Å². The predicted octanol–water partition coefficient (Wildman–Crippen LogP) is -0.369. The van der Waals surface area contributed by atoms with Crippen LogP contribution in [0.1, 0.15) is 30.7 Å². The first-order valence-corrected chi connectivity index (χ1v) is 5.88. The Morgan fingerprint density at radius 3 is 3.11 bits per heavy atom. The van der Waals surface area contributed by atoms with Crippen molar-refractivity contribution in [3.05, 3.63) is 28.5 Å². The lowest BCUT2D eigenvalue weighted by molar-refractivity contribution is 0.159. The number of piperidine rings is 1. The van der Waals surface area contributed by atoms with Gasteiger partial charge in [-0.15, -0.1) is 10.2 Å². The van der Waals surface area contributed by atoms with Gasteiger partial charge < -0.3 is 9.84 Å². The standard InChI is InChI=1S/C10H14N6O2/c1-15-13-10(12-14-15)8-6-7(2-4-11-8)16-9(17)3-5-18-16/h3,5,7-8,11H,2,4,6H2,1H3/t7-,8-/m0/s1. The van der Waals surface area contributed by atoms with E-state index in [1.54, 1.807) is 7.05 Å². The average molecular weight is 250 g/mol. The quantitative estimate of drug-likeness (QED) is 0.782. The van der Waals surface area contributed by atoms with Crippen LogP contribution in [0.2, 0.25) is 0 Å². The van der Waals surface area contributed by atoms with Gasteiger partial charge in [-0.2, -0.15) is 9.54 Å². The Labute approximate surface area is 103 Å². The van der Waals surface area contributed by atoms with Crippen molar-refractivity contribution in [2.75, 3.05) is 6.54 Å². The maximum Gasteiger partial charge on any atom is 0.282 e. The minimum Gasteiger partial charge on any atom is -0.384 e. The molecule has 0 amide bonds. The van der Waals surface area contributed by atoms with E-state index < -0.39 is 0 Å². The van der Waals surface area contributed by atoms with Gasteiger partial charge in [0.25, 0.3) is 5.56 Å². The SMILES string of the molecule is Cn1nnc([C@@H]2C[C@@H](n3occc3=O)CCN2)n1. The molecule has 96 valence electrons. The van der Waals surface area contributed by atoms with Crippen molar-refractivity contribution in [2.45, 2.75) is 24.9 Å². The highest BCUT2D eigenvalue weighted by molar-refractivity contribution is 4.95. The molecule has 1 saturated heterocycles. The van der Waals surface area contributed by atoms with E-state index in [2.05, 4.69) is 20.7 Å². The molecule has 3 heterocycles. The first kappa shape index (κ1) is 11.1. The lowest BCUT2D eigenvalue weighted by Crippen LogP contribution is -2.35. The van der Waals surface area contributed by atoms with Gasteiger partial charge in [-0.1, -0.05) is 0 Å². The maximum absolute atomic E-state index is 11.6. The Morgan fingerprint density at radius 2 is 2.44 bits per heavy atom. The molecular weight excluding hydrogens is 236 g/mol. The summed E-state index contributed by atoms with van der Waals surface area (Å²) in [6, 6.07) is 1.48. The molecular formula is C10H14N6O2. The van der Waals surface area contributed by atoms with Crippen molar-refractivity contribution in [1.29, 1.82) is 0 Å². The number of nitrogens with one attached hydrogen (secondary N) is 1. The van der Waals surface area contributed by atoms with Crippen LogP contribution in [0.3, 0.4) is 0 Å². The molecule has 1 N–H and O–H groups in total. The molecule has 0 radical (unpaired) electrons. The van der Waals surface area contributed by atoms with Crippen molar-refractivity contribution < 1.29 is 4.52 Å². The van der Waals surface area contributed by atoms with Gasteiger partial charge in [0.05, 0.1) is 19.1 Å². The lowest BCUT2D eigenvalue weighted by Gasteiger charge is -2.27. The topological polar surface area (TPSA) is 90.8 Å². The number of aromatic nitrogens is 5. The lowest BCUT2D eigenvalue weighted by atomic mass is 9.99. The third-order valence-electron chi connectivity index (χ3n) is 3.15. The van der Waals surface area contributed by atoms with E-state index >= 15 is 0 Å². The number of aryl methyl sites for hydroxylation is 1. The van der Waals surface area contributed by atoms with Gasteiger partial charge >= 0.3 is 0 Å². The Balaban J connectivity index is 1.80. The van der Waals surface area contributed by atoms with Crippen LogP contribution in [-0.2, 0) is 7.05 Å². The molecule has 2 atom stereocenters. The third-order valence-corrected chi connectivity index (χ3v) is 3.15. The molecule has 1 aliphatic heterocycles. The maximum atomic E-state index is 11.6. The molecule has 0 bridgehead atoms. The van der Waals surface area contributed by atoms with Gasteiger partial charge in [0.2, 0.25) is 0 Å². The summed E-state index contributed by atoms with van der Waals surface area (Å²) < 4.78 is 6.63. The minimum atomic E-state index is -0.104. The molecule has 8 nitrogen and oxygen atoms in total. The van der Waals surface area contributed by atoms with Crippen LogP contribution < -0.4 is 10.9 Å². The second-order valence-electron chi connectivity index (χ2n) is 4.39. The van der Waals surface area contributed by atoms with E-state index in [1.165, 1.54) is 21.9 Å². The number of hydrogen-bond acceptors (Lipinski definition) is 6. The smallest absolute Gasteiger partial charge is 0.282 e. The van der Waals surface area contributed by atoms with Gasteiger partial charge in [0.1, 0.15) is 6.26 Å².